The van der Waals surface area contributed by atoms with Crippen molar-refractivity contribution in [2.45, 2.75) is 87.9 Å². The van der Waals surface area contributed by atoms with Crippen molar-refractivity contribution in [2.75, 3.05) is 32.8 Å². The average molecular weight is 583 g/mol. The van der Waals surface area contributed by atoms with Crippen molar-refractivity contribution >= 4 is 33.7 Å². The molecule has 0 radical (unpaired) electrons. The molecule has 3 amide bonds. The Morgan fingerprint density at radius 1 is 1.19 bits per heavy atom. The molecule has 0 aromatic rings. The molecule has 1 spiro atoms. The monoisotopic (exact) mass is 581 g/mol. The Kier molecular flexibility index (Phi) is 10.4. The van der Waals surface area contributed by atoms with Crippen LogP contribution in [-0.2, 0) is 19.1 Å². The van der Waals surface area contributed by atoms with Gasteiger partial charge in [0.25, 0.3) is 0 Å². The number of carbonyl (C=O) groups excluding carboxylic acids is 3. The minimum absolute atomic E-state index is 0.0779. The first kappa shape index (κ1) is 29.8. The molecule has 0 aliphatic carbocycles. The molecule has 0 aromatic carbocycles. The Labute approximate surface area is 230 Å². The predicted octanol–water partition coefficient (Wildman–Crippen LogP) is 3.13. The highest BCUT2D eigenvalue weighted by atomic mass is 79.9. The van der Waals surface area contributed by atoms with E-state index >= 15 is 0 Å². The van der Waals surface area contributed by atoms with Crippen LogP contribution in [0.1, 0.15) is 59.3 Å². The van der Waals surface area contributed by atoms with E-state index in [9.17, 15) is 14.4 Å². The van der Waals surface area contributed by atoms with Crippen molar-refractivity contribution in [1.82, 2.24) is 14.7 Å². The van der Waals surface area contributed by atoms with Gasteiger partial charge >= 0.3 is 0 Å². The maximum Gasteiger partial charge on any atom is 0.248 e. The fourth-order valence-electron chi connectivity index (χ4n) is 6.46. The molecular weight excluding hydrogens is 538 g/mol. The fraction of sp³-hybridized carbons (Fsp3) is 0.750. The normalized spacial score (nSPS) is 30.1. The van der Waals surface area contributed by atoms with Crippen molar-refractivity contribution in [1.29, 1.82) is 0 Å². The number of likely N-dealkylation sites (tertiary alicyclic amines) is 1. The molecule has 3 saturated heterocycles. The zero-order chi connectivity index (χ0) is 27.3. The van der Waals surface area contributed by atoms with Crippen molar-refractivity contribution in [3.63, 3.8) is 0 Å². The van der Waals surface area contributed by atoms with E-state index in [2.05, 4.69) is 29.1 Å². The van der Waals surface area contributed by atoms with Gasteiger partial charge in [0.1, 0.15) is 11.6 Å². The Morgan fingerprint density at radius 2 is 1.86 bits per heavy atom. The van der Waals surface area contributed by atoms with Gasteiger partial charge in [-0.1, -0.05) is 47.8 Å². The molecule has 3 rings (SSSR count). The molecule has 3 fully saturated rings. The summed E-state index contributed by atoms with van der Waals surface area (Å²) in [5.74, 6) is -1.73. The minimum atomic E-state index is -1.04. The molecule has 3 heterocycles. The molecule has 3 unspecified atom stereocenters. The quantitative estimate of drug-likeness (QED) is 0.182. The molecule has 208 valence electrons. The zero-order valence-electron chi connectivity index (χ0n) is 22.6. The standard InChI is InChI=1S/C28H44BrN3O5/c1-6-13-30(14-7-2)25(34)21-22-26(35)32(16-11-9-10-12-17-33)24(27(36)31(15-8-3)19(4)5)28(22)18-20(29)23(21)37-28/h6,8,19-24,33H,1,3,7,9-18H2,2,4-5H3/t20?,21-,22-,23-,24?,28?/m0/s1. The van der Waals surface area contributed by atoms with Gasteiger partial charge in [0.2, 0.25) is 17.7 Å². The summed E-state index contributed by atoms with van der Waals surface area (Å²) in [4.78, 5) is 47.3. The van der Waals surface area contributed by atoms with Crippen LogP contribution in [-0.4, -0.2) is 98.9 Å². The highest BCUT2D eigenvalue weighted by Crippen LogP contribution is 2.60. The van der Waals surface area contributed by atoms with E-state index in [1.54, 1.807) is 26.9 Å². The Hall–Kier alpha value is -1.71. The van der Waals surface area contributed by atoms with Crippen molar-refractivity contribution in [3.8, 4) is 0 Å². The topological polar surface area (TPSA) is 90.4 Å². The van der Waals surface area contributed by atoms with Gasteiger partial charge in [-0.05, 0) is 39.5 Å². The van der Waals surface area contributed by atoms with Gasteiger partial charge in [0.15, 0.2) is 0 Å². The maximum absolute atomic E-state index is 14.2. The Balaban J connectivity index is 2.01. The lowest BCUT2D eigenvalue weighted by atomic mass is 9.70. The summed E-state index contributed by atoms with van der Waals surface area (Å²) in [5.41, 5.74) is -1.04. The number of fused-ring (bicyclic) bond motifs is 1. The van der Waals surface area contributed by atoms with E-state index in [0.29, 0.717) is 39.0 Å². The van der Waals surface area contributed by atoms with Gasteiger partial charge in [-0.25, -0.2) is 0 Å². The highest BCUT2D eigenvalue weighted by Gasteiger charge is 2.76. The number of halogens is 1. The van der Waals surface area contributed by atoms with Gasteiger partial charge in [-0.3, -0.25) is 14.4 Å². The zero-order valence-corrected chi connectivity index (χ0v) is 24.2. The third-order valence-corrected chi connectivity index (χ3v) is 8.85. The van der Waals surface area contributed by atoms with E-state index in [-0.39, 0.29) is 35.2 Å². The van der Waals surface area contributed by atoms with Crippen LogP contribution < -0.4 is 0 Å². The first-order valence-corrected chi connectivity index (χ1v) is 14.7. The number of alkyl halides is 1. The van der Waals surface area contributed by atoms with Crippen LogP contribution in [0.4, 0.5) is 0 Å². The maximum atomic E-state index is 14.2. The van der Waals surface area contributed by atoms with Crippen LogP contribution in [0.25, 0.3) is 0 Å². The third-order valence-electron chi connectivity index (χ3n) is 8.00. The summed E-state index contributed by atoms with van der Waals surface area (Å²) in [6.07, 6.45) is 7.40. The summed E-state index contributed by atoms with van der Waals surface area (Å²) in [6, 6.07) is -0.863. The minimum Gasteiger partial charge on any atom is -0.396 e. The number of hydrogen-bond donors (Lipinski definition) is 1. The number of aliphatic hydroxyl groups is 1. The van der Waals surface area contributed by atoms with E-state index < -0.39 is 29.6 Å². The lowest BCUT2D eigenvalue weighted by Crippen LogP contribution is -2.58. The summed E-state index contributed by atoms with van der Waals surface area (Å²) >= 11 is 3.75. The third kappa shape index (κ3) is 5.55. The van der Waals surface area contributed by atoms with E-state index in [1.165, 1.54) is 0 Å². The van der Waals surface area contributed by atoms with Crippen molar-refractivity contribution in [3.05, 3.63) is 25.3 Å². The second kappa shape index (κ2) is 12.9. The van der Waals surface area contributed by atoms with Gasteiger partial charge in [0, 0.05) is 43.7 Å². The predicted molar refractivity (Wildman–Crippen MR) is 147 cm³/mol. The van der Waals surface area contributed by atoms with Crippen LogP contribution >= 0.6 is 15.9 Å². The summed E-state index contributed by atoms with van der Waals surface area (Å²) in [5, 5.41) is 9.12. The van der Waals surface area contributed by atoms with E-state index in [4.69, 9.17) is 9.84 Å². The number of ether oxygens (including phenoxy) is 1. The second-order valence-corrected chi connectivity index (χ2v) is 12.0. The Bertz CT molecular complexity index is 867. The summed E-state index contributed by atoms with van der Waals surface area (Å²) < 4.78 is 6.63. The average Bonchev–Trinajstić information content (AvgIpc) is 3.44. The molecule has 3 aliphatic heterocycles. The summed E-state index contributed by atoms with van der Waals surface area (Å²) in [7, 11) is 0. The molecule has 8 nitrogen and oxygen atoms in total. The molecule has 2 bridgehead atoms. The molecule has 9 heteroatoms. The number of carbonyl (C=O) groups is 3. The number of unbranched alkanes of at least 4 members (excludes halogenated alkanes) is 3. The molecule has 3 aliphatic rings. The van der Waals surface area contributed by atoms with Gasteiger partial charge in [-0.2, -0.15) is 0 Å². The molecule has 6 atom stereocenters. The van der Waals surface area contributed by atoms with E-state index in [0.717, 1.165) is 25.7 Å². The number of aliphatic hydroxyl groups excluding tert-OH is 1. The fourth-order valence-corrected chi connectivity index (χ4v) is 7.40. The molecule has 37 heavy (non-hydrogen) atoms. The van der Waals surface area contributed by atoms with Gasteiger partial charge in [0.05, 0.1) is 17.9 Å². The van der Waals surface area contributed by atoms with Crippen LogP contribution in [0.2, 0.25) is 0 Å². The van der Waals surface area contributed by atoms with Gasteiger partial charge < -0.3 is 24.5 Å². The largest absolute Gasteiger partial charge is 0.396 e. The smallest absolute Gasteiger partial charge is 0.248 e. The second-order valence-electron chi connectivity index (χ2n) is 10.8. The number of amides is 3. The van der Waals surface area contributed by atoms with Crippen molar-refractivity contribution in [2.24, 2.45) is 11.8 Å². The van der Waals surface area contributed by atoms with Crippen LogP contribution in [0.3, 0.4) is 0 Å². The number of nitrogens with zero attached hydrogens (tertiary/aromatic N) is 3. The molecule has 0 saturated carbocycles. The highest BCUT2D eigenvalue weighted by molar-refractivity contribution is 9.09. The van der Waals surface area contributed by atoms with Crippen molar-refractivity contribution < 1.29 is 24.2 Å². The van der Waals surface area contributed by atoms with Crippen LogP contribution in [0, 0.1) is 11.8 Å². The SMILES string of the molecule is C=CCN(CCC)C(=O)[C@H]1[C@H]2C(=O)N(CCCCCCO)C(C(=O)N(CC=C)C(C)C)C23CC(Br)[C@@H]1O3. The van der Waals surface area contributed by atoms with Gasteiger partial charge in [-0.15, -0.1) is 13.2 Å². The van der Waals surface area contributed by atoms with E-state index in [1.807, 2.05) is 20.8 Å². The molecular formula is C28H44BrN3O5. The molecule has 0 aromatic heterocycles. The first-order valence-electron chi connectivity index (χ1n) is 13.7. The molecule has 1 N–H and O–H groups in total. The lowest BCUT2D eigenvalue weighted by molar-refractivity contribution is -0.149. The number of rotatable bonds is 15. The number of hydrogen-bond acceptors (Lipinski definition) is 5. The van der Waals surface area contributed by atoms with Crippen LogP contribution in [0.15, 0.2) is 25.3 Å². The first-order chi connectivity index (χ1) is 17.7. The lowest BCUT2D eigenvalue weighted by Gasteiger charge is -2.38. The Morgan fingerprint density at radius 3 is 2.46 bits per heavy atom. The van der Waals surface area contributed by atoms with Crippen LogP contribution in [0.5, 0.6) is 0 Å². The summed E-state index contributed by atoms with van der Waals surface area (Å²) in [6.45, 7) is 15.5.